The van der Waals surface area contributed by atoms with Gasteiger partial charge in [0.15, 0.2) is 5.96 Å². The van der Waals surface area contributed by atoms with E-state index in [1.165, 1.54) is 17.7 Å². The summed E-state index contributed by atoms with van der Waals surface area (Å²) in [4.78, 5) is 8.08. The predicted octanol–water partition coefficient (Wildman–Crippen LogP) is 0.599. The van der Waals surface area contributed by atoms with E-state index in [1.807, 2.05) is 0 Å². The van der Waals surface area contributed by atoms with Crippen LogP contribution < -0.4 is 15.4 Å². The summed E-state index contributed by atoms with van der Waals surface area (Å²) in [6, 6.07) is 4.62. The Bertz CT molecular complexity index is 610. The largest absolute Gasteiger partial charge is 0.355 e. The molecular formula is C15H27N5O2S2. The topological polar surface area (TPSA) is 85.8 Å². The van der Waals surface area contributed by atoms with Gasteiger partial charge in [-0.1, -0.05) is 6.07 Å². The molecule has 1 aromatic heterocycles. The molecule has 1 aromatic rings. The summed E-state index contributed by atoms with van der Waals surface area (Å²) in [5, 5.41) is 8.60. The monoisotopic (exact) mass is 373 g/mol. The minimum absolute atomic E-state index is 0.333. The van der Waals surface area contributed by atoms with E-state index in [0.717, 1.165) is 25.9 Å². The first-order chi connectivity index (χ1) is 11.5. The molecule has 0 spiro atoms. The Kier molecular flexibility index (Phi) is 7.47. The van der Waals surface area contributed by atoms with Crippen LogP contribution in [0.4, 0.5) is 0 Å². The van der Waals surface area contributed by atoms with Crippen molar-refractivity contribution in [2.24, 2.45) is 4.99 Å². The zero-order valence-electron chi connectivity index (χ0n) is 14.3. The number of hydrogen-bond donors (Lipinski definition) is 3. The van der Waals surface area contributed by atoms with E-state index in [1.54, 1.807) is 18.4 Å². The van der Waals surface area contributed by atoms with Gasteiger partial charge < -0.3 is 10.6 Å². The first-order valence-corrected chi connectivity index (χ1v) is 10.9. The van der Waals surface area contributed by atoms with Crippen molar-refractivity contribution in [1.82, 2.24) is 20.3 Å². The van der Waals surface area contributed by atoms with Crippen molar-refractivity contribution in [3.8, 4) is 0 Å². The summed E-state index contributed by atoms with van der Waals surface area (Å²) in [5.74, 6) is 0.686. The lowest BCUT2D eigenvalue weighted by atomic mass is 10.2. The van der Waals surface area contributed by atoms with Crippen LogP contribution in [0.2, 0.25) is 0 Å². The van der Waals surface area contributed by atoms with Crippen LogP contribution in [-0.2, 0) is 10.0 Å². The van der Waals surface area contributed by atoms with Gasteiger partial charge in [-0.15, -0.1) is 11.3 Å². The number of nitrogens with zero attached hydrogens (tertiary/aromatic N) is 2. The number of hydrogen-bond acceptors (Lipinski definition) is 5. The van der Waals surface area contributed by atoms with E-state index >= 15 is 0 Å². The Hall–Kier alpha value is -1.16. The summed E-state index contributed by atoms with van der Waals surface area (Å²) >= 11 is 1.78. The maximum Gasteiger partial charge on any atom is 0.208 e. The van der Waals surface area contributed by atoms with Crippen molar-refractivity contribution in [3.05, 3.63) is 22.4 Å². The Morgan fingerprint density at radius 3 is 2.67 bits per heavy atom. The Morgan fingerprint density at radius 2 is 2.08 bits per heavy atom. The highest BCUT2D eigenvalue weighted by atomic mass is 32.2. The molecule has 0 aliphatic carbocycles. The molecule has 1 saturated heterocycles. The Balaban J connectivity index is 1.83. The molecule has 1 aliphatic heterocycles. The van der Waals surface area contributed by atoms with Crippen LogP contribution in [-0.4, -0.2) is 65.3 Å². The minimum Gasteiger partial charge on any atom is -0.355 e. The molecule has 0 bridgehead atoms. The zero-order valence-corrected chi connectivity index (χ0v) is 15.9. The molecule has 2 rings (SSSR count). The van der Waals surface area contributed by atoms with Crippen molar-refractivity contribution < 1.29 is 8.42 Å². The van der Waals surface area contributed by atoms with Crippen molar-refractivity contribution in [1.29, 1.82) is 0 Å². The van der Waals surface area contributed by atoms with Gasteiger partial charge in [0.2, 0.25) is 10.0 Å². The molecule has 1 fully saturated rings. The second kappa shape index (κ2) is 9.36. The van der Waals surface area contributed by atoms with Crippen molar-refractivity contribution >= 4 is 27.3 Å². The summed E-state index contributed by atoms with van der Waals surface area (Å²) in [6.45, 7) is 3.86. The van der Waals surface area contributed by atoms with E-state index in [-0.39, 0.29) is 0 Å². The summed E-state index contributed by atoms with van der Waals surface area (Å²) < 4.78 is 24.6. The molecular weight excluding hydrogens is 346 g/mol. The number of guanidine groups is 1. The van der Waals surface area contributed by atoms with Gasteiger partial charge in [0.05, 0.1) is 12.3 Å². The molecule has 3 N–H and O–H groups in total. The zero-order chi connectivity index (χ0) is 17.4. The second-order valence-electron chi connectivity index (χ2n) is 5.82. The number of sulfonamides is 1. The molecule has 0 aromatic carbocycles. The number of nitrogens with one attached hydrogen (secondary N) is 3. The second-order valence-corrected chi connectivity index (χ2v) is 8.63. The van der Waals surface area contributed by atoms with Crippen molar-refractivity contribution in [2.45, 2.75) is 18.9 Å². The van der Waals surface area contributed by atoms with Gasteiger partial charge in [-0.05, 0) is 37.4 Å². The molecule has 24 heavy (non-hydrogen) atoms. The molecule has 1 aliphatic rings. The fourth-order valence-corrected chi connectivity index (χ4v) is 4.11. The highest BCUT2D eigenvalue weighted by Gasteiger charge is 2.24. The van der Waals surface area contributed by atoms with Crippen molar-refractivity contribution in [3.63, 3.8) is 0 Å². The lowest BCUT2D eigenvalue weighted by Gasteiger charge is -2.27. The van der Waals surface area contributed by atoms with Crippen LogP contribution in [0, 0.1) is 0 Å². The fourth-order valence-electron chi connectivity index (χ4n) is 2.78. The third-order valence-electron chi connectivity index (χ3n) is 3.92. The van der Waals surface area contributed by atoms with Crippen LogP contribution in [0.15, 0.2) is 22.5 Å². The predicted molar refractivity (Wildman–Crippen MR) is 100 cm³/mol. The quantitative estimate of drug-likeness (QED) is 0.353. The van der Waals surface area contributed by atoms with Gasteiger partial charge in [0.1, 0.15) is 0 Å². The van der Waals surface area contributed by atoms with Crippen LogP contribution >= 0.6 is 11.3 Å². The van der Waals surface area contributed by atoms with Crippen LogP contribution in [0.25, 0.3) is 0 Å². The fraction of sp³-hybridized carbons (Fsp3) is 0.667. The standard InChI is InChI=1S/C15H27N5O2S2/c1-16-15(17-7-8-19-24(2,21)22)18-12-13(14-6-5-11-23-14)20-9-3-4-10-20/h5-6,11,13,19H,3-4,7-10,12H2,1-2H3,(H2,16,17,18). The number of likely N-dealkylation sites (tertiary alicyclic amines) is 1. The molecule has 1 unspecified atom stereocenters. The Morgan fingerprint density at radius 1 is 1.33 bits per heavy atom. The third-order valence-corrected chi connectivity index (χ3v) is 5.62. The van der Waals surface area contributed by atoms with Crippen LogP contribution in [0.5, 0.6) is 0 Å². The maximum absolute atomic E-state index is 11.0. The van der Waals surface area contributed by atoms with Gasteiger partial charge >= 0.3 is 0 Å². The van der Waals surface area contributed by atoms with E-state index in [2.05, 4.69) is 42.8 Å². The molecule has 7 nitrogen and oxygen atoms in total. The molecule has 0 saturated carbocycles. The number of aliphatic imine (C=N–C) groups is 1. The molecule has 9 heteroatoms. The normalized spacial score (nSPS) is 17.8. The first kappa shape index (κ1) is 19.2. The lowest BCUT2D eigenvalue weighted by molar-refractivity contribution is 0.249. The average molecular weight is 374 g/mol. The van der Waals surface area contributed by atoms with Crippen molar-refractivity contribution in [2.75, 3.05) is 46.0 Å². The number of thiophene rings is 1. The summed E-state index contributed by atoms with van der Waals surface area (Å²) in [5.41, 5.74) is 0. The van der Waals surface area contributed by atoms with Gasteiger partial charge in [-0.3, -0.25) is 9.89 Å². The molecule has 0 radical (unpaired) electrons. The highest BCUT2D eigenvalue weighted by molar-refractivity contribution is 7.88. The summed E-state index contributed by atoms with van der Waals surface area (Å²) in [6.07, 6.45) is 3.67. The van der Waals surface area contributed by atoms with Crippen LogP contribution in [0.3, 0.4) is 0 Å². The highest BCUT2D eigenvalue weighted by Crippen LogP contribution is 2.27. The summed E-state index contributed by atoms with van der Waals surface area (Å²) in [7, 11) is -1.43. The minimum atomic E-state index is -3.15. The van der Waals surface area contributed by atoms with Gasteiger partial charge in [-0.2, -0.15) is 0 Å². The van der Waals surface area contributed by atoms with Gasteiger partial charge in [0, 0.05) is 31.6 Å². The smallest absolute Gasteiger partial charge is 0.208 e. The van der Waals surface area contributed by atoms with E-state index < -0.39 is 10.0 Å². The van der Waals surface area contributed by atoms with Gasteiger partial charge in [-0.25, -0.2) is 13.1 Å². The van der Waals surface area contributed by atoms with E-state index in [9.17, 15) is 8.42 Å². The average Bonchev–Trinajstić information content (AvgIpc) is 3.22. The van der Waals surface area contributed by atoms with E-state index in [0.29, 0.717) is 25.1 Å². The molecule has 136 valence electrons. The molecule has 2 heterocycles. The van der Waals surface area contributed by atoms with Crippen LogP contribution in [0.1, 0.15) is 23.8 Å². The van der Waals surface area contributed by atoms with Gasteiger partial charge in [0.25, 0.3) is 0 Å². The maximum atomic E-state index is 11.0. The SMILES string of the molecule is CN=C(NCCNS(C)(=O)=O)NCC(c1cccs1)N1CCCC1. The number of rotatable bonds is 8. The Labute approximate surface area is 148 Å². The van der Waals surface area contributed by atoms with E-state index in [4.69, 9.17) is 0 Å². The molecule has 0 amide bonds. The third kappa shape index (κ3) is 6.39. The lowest BCUT2D eigenvalue weighted by Crippen LogP contribution is -2.44. The molecule has 1 atom stereocenters. The first-order valence-electron chi connectivity index (χ1n) is 8.16.